The van der Waals surface area contributed by atoms with Gasteiger partial charge in [-0.1, -0.05) is 13.8 Å². The summed E-state index contributed by atoms with van der Waals surface area (Å²) in [5.74, 6) is 1.04. The van der Waals surface area contributed by atoms with Crippen LogP contribution in [0.1, 0.15) is 39.2 Å². The Morgan fingerprint density at radius 3 is 2.85 bits per heavy atom. The molecule has 2 aliphatic rings. The number of rotatable bonds is 1. The van der Waals surface area contributed by atoms with E-state index in [1.807, 2.05) is 19.1 Å². The molecule has 0 fully saturated rings. The van der Waals surface area contributed by atoms with E-state index >= 15 is 0 Å². The molecule has 1 unspecified atom stereocenters. The van der Waals surface area contributed by atoms with Crippen LogP contribution >= 0.6 is 0 Å². The summed E-state index contributed by atoms with van der Waals surface area (Å²) in [5.41, 5.74) is 2.87. The summed E-state index contributed by atoms with van der Waals surface area (Å²) in [4.78, 5) is 21.1. The van der Waals surface area contributed by atoms with Gasteiger partial charge in [-0.2, -0.15) is 0 Å². The Labute approximate surface area is 119 Å². The standard InChI is InChI=1S/C16H19N3O/c1-10-14-12(7-16(2,3)8-13(14)20)19-15(18-10)11-5-4-6-17-9-11/h4-6,9-10H,7-8H2,1-3H3,(H,18,19). The van der Waals surface area contributed by atoms with Crippen LogP contribution in [0, 0.1) is 5.41 Å². The van der Waals surface area contributed by atoms with Gasteiger partial charge >= 0.3 is 0 Å². The quantitative estimate of drug-likeness (QED) is 0.852. The molecule has 0 aromatic carbocycles. The largest absolute Gasteiger partial charge is 0.343 e. The SMILES string of the molecule is CC1N=C(c2cccnc2)NC2=C1C(=O)CC(C)(C)C2. The first kappa shape index (κ1) is 13.0. The van der Waals surface area contributed by atoms with Gasteiger partial charge in [0.15, 0.2) is 5.78 Å². The van der Waals surface area contributed by atoms with Gasteiger partial charge in [-0.05, 0) is 30.9 Å². The summed E-state index contributed by atoms with van der Waals surface area (Å²) in [7, 11) is 0. The lowest BCUT2D eigenvalue weighted by Crippen LogP contribution is -2.41. The first-order valence-electron chi connectivity index (χ1n) is 6.98. The van der Waals surface area contributed by atoms with E-state index in [9.17, 15) is 4.79 Å². The molecular weight excluding hydrogens is 250 g/mol. The second-order valence-corrected chi connectivity index (χ2v) is 6.35. The topological polar surface area (TPSA) is 54.4 Å². The summed E-state index contributed by atoms with van der Waals surface area (Å²) < 4.78 is 0. The molecule has 0 bridgehead atoms. The number of hydrogen-bond donors (Lipinski definition) is 1. The Kier molecular flexibility index (Phi) is 2.96. The highest BCUT2D eigenvalue weighted by Crippen LogP contribution is 2.38. The molecule has 4 heteroatoms. The van der Waals surface area contributed by atoms with Crippen molar-refractivity contribution < 1.29 is 4.79 Å². The summed E-state index contributed by atoms with van der Waals surface area (Å²) in [6, 6.07) is 3.79. The van der Waals surface area contributed by atoms with E-state index in [1.54, 1.807) is 12.4 Å². The summed E-state index contributed by atoms with van der Waals surface area (Å²) in [5, 5.41) is 3.36. The van der Waals surface area contributed by atoms with Gasteiger partial charge in [0, 0.05) is 35.6 Å². The summed E-state index contributed by atoms with van der Waals surface area (Å²) in [6.07, 6.45) is 5.03. The second-order valence-electron chi connectivity index (χ2n) is 6.35. The van der Waals surface area contributed by atoms with Crippen LogP contribution in [0.25, 0.3) is 0 Å². The highest BCUT2D eigenvalue weighted by molar-refractivity contribution is 6.05. The van der Waals surface area contributed by atoms with Gasteiger partial charge in [-0.3, -0.25) is 14.8 Å². The molecule has 1 atom stereocenters. The van der Waals surface area contributed by atoms with Gasteiger partial charge in [0.05, 0.1) is 6.04 Å². The van der Waals surface area contributed by atoms with Crippen molar-refractivity contribution in [3.8, 4) is 0 Å². The predicted molar refractivity (Wildman–Crippen MR) is 78.4 cm³/mol. The van der Waals surface area contributed by atoms with Gasteiger partial charge in [0.1, 0.15) is 5.84 Å². The fourth-order valence-electron chi connectivity index (χ4n) is 3.01. The fourth-order valence-corrected chi connectivity index (χ4v) is 3.01. The molecule has 2 heterocycles. The van der Waals surface area contributed by atoms with E-state index in [-0.39, 0.29) is 17.2 Å². The zero-order valence-electron chi connectivity index (χ0n) is 12.1. The minimum atomic E-state index is -0.0787. The highest BCUT2D eigenvalue weighted by atomic mass is 16.1. The van der Waals surface area contributed by atoms with E-state index in [2.05, 4.69) is 29.1 Å². The molecule has 0 spiro atoms. The van der Waals surface area contributed by atoms with Crippen LogP contribution < -0.4 is 5.32 Å². The molecule has 0 amide bonds. The maximum Gasteiger partial charge on any atom is 0.163 e. The zero-order chi connectivity index (χ0) is 14.3. The van der Waals surface area contributed by atoms with Crippen molar-refractivity contribution >= 4 is 11.6 Å². The Morgan fingerprint density at radius 1 is 1.35 bits per heavy atom. The van der Waals surface area contributed by atoms with Crippen molar-refractivity contribution in [1.82, 2.24) is 10.3 Å². The normalized spacial score (nSPS) is 24.9. The molecule has 4 nitrogen and oxygen atoms in total. The molecule has 20 heavy (non-hydrogen) atoms. The predicted octanol–water partition coefficient (Wildman–Crippen LogP) is 2.46. The smallest absolute Gasteiger partial charge is 0.163 e. The third kappa shape index (κ3) is 2.26. The average Bonchev–Trinajstić information content (AvgIpc) is 2.37. The first-order chi connectivity index (χ1) is 9.46. The first-order valence-corrected chi connectivity index (χ1v) is 6.98. The third-order valence-corrected chi connectivity index (χ3v) is 3.86. The van der Waals surface area contributed by atoms with Crippen molar-refractivity contribution in [3.63, 3.8) is 0 Å². The lowest BCUT2D eigenvalue weighted by Gasteiger charge is -2.36. The maximum atomic E-state index is 12.3. The third-order valence-electron chi connectivity index (χ3n) is 3.86. The van der Waals surface area contributed by atoms with Crippen LogP contribution in [-0.4, -0.2) is 22.6 Å². The van der Waals surface area contributed by atoms with Gasteiger partial charge < -0.3 is 5.32 Å². The van der Waals surface area contributed by atoms with E-state index in [0.717, 1.165) is 29.1 Å². The fraction of sp³-hybridized carbons (Fsp3) is 0.438. The van der Waals surface area contributed by atoms with Crippen LogP contribution in [-0.2, 0) is 4.79 Å². The minimum absolute atomic E-state index is 0.0139. The second kappa shape index (κ2) is 4.54. The number of carbonyl (C=O) groups excluding carboxylic acids is 1. The molecule has 1 N–H and O–H groups in total. The number of pyridine rings is 1. The number of amidine groups is 1. The molecule has 0 saturated carbocycles. The van der Waals surface area contributed by atoms with Crippen molar-refractivity contribution in [2.45, 2.75) is 39.7 Å². The molecule has 0 saturated heterocycles. The highest BCUT2D eigenvalue weighted by Gasteiger charge is 2.37. The lowest BCUT2D eigenvalue weighted by atomic mass is 9.74. The number of nitrogens with zero attached hydrogens (tertiary/aromatic N) is 2. The molecule has 1 aliphatic heterocycles. The molecule has 3 rings (SSSR count). The van der Waals surface area contributed by atoms with Crippen LogP contribution in [0.5, 0.6) is 0 Å². The number of ketones is 1. The van der Waals surface area contributed by atoms with Gasteiger partial charge in [-0.25, -0.2) is 0 Å². The summed E-state index contributed by atoms with van der Waals surface area (Å²) in [6.45, 7) is 6.26. The van der Waals surface area contributed by atoms with E-state index in [0.29, 0.717) is 6.42 Å². The molecular formula is C16H19N3O. The number of aromatic nitrogens is 1. The molecule has 1 aromatic rings. The van der Waals surface area contributed by atoms with Crippen molar-refractivity contribution in [2.75, 3.05) is 0 Å². The lowest BCUT2D eigenvalue weighted by molar-refractivity contribution is -0.118. The molecule has 1 aromatic heterocycles. The van der Waals surface area contributed by atoms with Crippen LogP contribution in [0.2, 0.25) is 0 Å². The number of nitrogens with one attached hydrogen (secondary N) is 1. The minimum Gasteiger partial charge on any atom is -0.343 e. The zero-order valence-corrected chi connectivity index (χ0v) is 12.1. The number of allylic oxidation sites excluding steroid dienone is 1. The number of aliphatic imine (C=N–C) groups is 1. The maximum absolute atomic E-state index is 12.3. The summed E-state index contributed by atoms with van der Waals surface area (Å²) >= 11 is 0. The Bertz CT molecular complexity index is 614. The average molecular weight is 269 g/mol. The number of carbonyl (C=O) groups is 1. The monoisotopic (exact) mass is 269 g/mol. The molecule has 104 valence electrons. The van der Waals surface area contributed by atoms with E-state index in [4.69, 9.17) is 0 Å². The van der Waals surface area contributed by atoms with Crippen LogP contribution in [0.3, 0.4) is 0 Å². The molecule has 0 radical (unpaired) electrons. The van der Waals surface area contributed by atoms with Crippen molar-refractivity contribution in [3.05, 3.63) is 41.4 Å². The Balaban J connectivity index is 1.96. The van der Waals surface area contributed by atoms with Gasteiger partial charge in [-0.15, -0.1) is 0 Å². The van der Waals surface area contributed by atoms with Crippen LogP contribution in [0.15, 0.2) is 40.8 Å². The Hall–Kier alpha value is -1.97. The van der Waals surface area contributed by atoms with Gasteiger partial charge in [0.25, 0.3) is 0 Å². The van der Waals surface area contributed by atoms with Crippen molar-refractivity contribution in [1.29, 1.82) is 0 Å². The number of hydrogen-bond acceptors (Lipinski definition) is 4. The Morgan fingerprint density at radius 2 is 2.15 bits per heavy atom. The van der Waals surface area contributed by atoms with E-state index < -0.39 is 0 Å². The van der Waals surface area contributed by atoms with Gasteiger partial charge in [0.2, 0.25) is 0 Å². The van der Waals surface area contributed by atoms with Crippen LogP contribution in [0.4, 0.5) is 0 Å². The number of Topliss-reactive ketones (excluding diaryl/α,β-unsaturated/α-hetero) is 1. The molecule has 1 aliphatic carbocycles. The van der Waals surface area contributed by atoms with E-state index in [1.165, 1.54) is 0 Å². The van der Waals surface area contributed by atoms with Crippen molar-refractivity contribution in [2.24, 2.45) is 10.4 Å².